The summed E-state index contributed by atoms with van der Waals surface area (Å²) in [6.07, 6.45) is 0. The monoisotopic (exact) mass is 274 g/mol. The number of nitrogens with two attached hydrogens (primary N) is 1. The minimum absolute atomic E-state index is 0.201. The lowest BCUT2D eigenvalue weighted by molar-refractivity contribution is 0.941. The third kappa shape index (κ3) is 2.94. The van der Waals surface area contributed by atoms with Gasteiger partial charge in [-0.3, -0.25) is 0 Å². The second-order valence-corrected chi connectivity index (χ2v) is 6.42. The average molecular weight is 274 g/mol. The largest absolute Gasteiger partial charge is 0.329 e. The maximum absolute atomic E-state index is 9.10. The van der Waals surface area contributed by atoms with Crippen LogP contribution in [-0.2, 0) is 0 Å². The predicted octanol–water partition coefficient (Wildman–Crippen LogP) is 3.72. The van der Waals surface area contributed by atoms with E-state index in [2.05, 4.69) is 24.3 Å². The predicted molar refractivity (Wildman–Crippen MR) is 77.9 cm³/mol. The van der Waals surface area contributed by atoms with Gasteiger partial charge in [0.15, 0.2) is 0 Å². The molecule has 0 fully saturated rings. The van der Waals surface area contributed by atoms with E-state index in [4.69, 9.17) is 11.0 Å². The number of thioether (sulfide) groups is 1. The molecule has 2 aromatic rings. The van der Waals surface area contributed by atoms with E-state index < -0.39 is 0 Å². The first-order valence-corrected chi connectivity index (χ1v) is 7.36. The minimum Gasteiger partial charge on any atom is -0.329 e. The first-order valence-electron chi connectivity index (χ1n) is 5.66. The molecule has 0 saturated heterocycles. The van der Waals surface area contributed by atoms with Gasteiger partial charge in [0, 0.05) is 21.6 Å². The Hall–Kier alpha value is -1.28. The lowest BCUT2D eigenvalue weighted by Gasteiger charge is -2.14. The van der Waals surface area contributed by atoms with Crippen molar-refractivity contribution < 1.29 is 0 Å². The van der Waals surface area contributed by atoms with Crippen molar-refractivity contribution in [1.82, 2.24) is 0 Å². The van der Waals surface area contributed by atoms with E-state index in [-0.39, 0.29) is 5.25 Å². The topological polar surface area (TPSA) is 49.8 Å². The highest BCUT2D eigenvalue weighted by atomic mass is 32.2. The van der Waals surface area contributed by atoms with Gasteiger partial charge in [-0.05, 0) is 18.6 Å². The molecule has 2 N–H and O–H groups in total. The van der Waals surface area contributed by atoms with Crippen LogP contribution in [0.1, 0.15) is 20.6 Å². The number of aryl methyl sites for hydroxylation is 1. The van der Waals surface area contributed by atoms with Crippen LogP contribution in [0, 0.1) is 18.3 Å². The molecule has 2 nitrogen and oxygen atoms in total. The van der Waals surface area contributed by atoms with Crippen LogP contribution in [-0.4, -0.2) is 6.54 Å². The molecule has 92 valence electrons. The molecule has 18 heavy (non-hydrogen) atoms. The van der Waals surface area contributed by atoms with Gasteiger partial charge in [0.05, 0.1) is 0 Å². The van der Waals surface area contributed by atoms with E-state index in [9.17, 15) is 0 Å². The van der Waals surface area contributed by atoms with Crippen LogP contribution in [0.5, 0.6) is 0 Å². The van der Waals surface area contributed by atoms with E-state index >= 15 is 0 Å². The van der Waals surface area contributed by atoms with Crippen LogP contribution in [0.15, 0.2) is 41.3 Å². The molecule has 0 unspecified atom stereocenters. The molecule has 1 aromatic carbocycles. The first-order chi connectivity index (χ1) is 8.74. The van der Waals surface area contributed by atoms with Crippen molar-refractivity contribution in [2.75, 3.05) is 6.54 Å². The minimum atomic E-state index is 0.201. The number of hydrogen-bond acceptors (Lipinski definition) is 4. The highest BCUT2D eigenvalue weighted by molar-refractivity contribution is 7.99. The number of hydrogen-bond donors (Lipinski definition) is 1. The number of benzene rings is 1. The van der Waals surface area contributed by atoms with Gasteiger partial charge >= 0.3 is 0 Å². The van der Waals surface area contributed by atoms with E-state index in [0.717, 1.165) is 14.6 Å². The highest BCUT2D eigenvalue weighted by Crippen LogP contribution is 2.39. The molecule has 0 bridgehead atoms. The highest BCUT2D eigenvalue weighted by Gasteiger charge is 2.15. The van der Waals surface area contributed by atoms with Crippen molar-refractivity contribution in [1.29, 1.82) is 5.26 Å². The summed E-state index contributed by atoms with van der Waals surface area (Å²) in [5, 5.41) is 9.30. The molecule has 0 aliphatic rings. The van der Waals surface area contributed by atoms with Crippen molar-refractivity contribution in [3.05, 3.63) is 51.7 Å². The summed E-state index contributed by atoms with van der Waals surface area (Å²) >= 11 is 3.22. The molecule has 0 aliphatic heterocycles. The Morgan fingerprint density at radius 3 is 2.72 bits per heavy atom. The van der Waals surface area contributed by atoms with Crippen LogP contribution in [0.2, 0.25) is 0 Å². The quantitative estimate of drug-likeness (QED) is 0.864. The van der Waals surface area contributed by atoms with Gasteiger partial charge in [-0.1, -0.05) is 30.3 Å². The van der Waals surface area contributed by atoms with E-state index in [1.54, 1.807) is 11.8 Å². The molecule has 0 saturated carbocycles. The molecule has 0 spiro atoms. The van der Waals surface area contributed by atoms with Crippen molar-refractivity contribution in [3.63, 3.8) is 0 Å². The Balaban J connectivity index is 2.24. The molecule has 0 amide bonds. The second kappa shape index (κ2) is 6.05. The zero-order valence-corrected chi connectivity index (χ0v) is 11.7. The number of nitriles is 1. The Morgan fingerprint density at radius 1 is 1.39 bits per heavy atom. The van der Waals surface area contributed by atoms with E-state index in [1.165, 1.54) is 16.9 Å². The second-order valence-electron chi connectivity index (χ2n) is 3.92. The van der Waals surface area contributed by atoms with Crippen LogP contribution in [0.4, 0.5) is 0 Å². The summed E-state index contributed by atoms with van der Waals surface area (Å²) in [5.41, 5.74) is 7.06. The van der Waals surface area contributed by atoms with E-state index in [1.807, 2.05) is 25.1 Å². The SMILES string of the molecule is Cc1cc(S[C@H](CN)c2ccccc2)c(C#N)s1. The fraction of sp³-hybridized carbons (Fsp3) is 0.214. The van der Waals surface area contributed by atoms with Crippen molar-refractivity contribution in [3.8, 4) is 6.07 Å². The van der Waals surface area contributed by atoms with Crippen LogP contribution in [0.3, 0.4) is 0 Å². The van der Waals surface area contributed by atoms with Crippen molar-refractivity contribution in [2.24, 2.45) is 5.73 Å². The van der Waals surface area contributed by atoms with Gasteiger partial charge in [0.2, 0.25) is 0 Å². The summed E-state index contributed by atoms with van der Waals surface area (Å²) in [4.78, 5) is 2.99. The van der Waals surface area contributed by atoms with Crippen molar-refractivity contribution >= 4 is 23.1 Å². The summed E-state index contributed by atoms with van der Waals surface area (Å²) in [7, 11) is 0. The molecular formula is C14H14N2S2. The first kappa shape index (κ1) is 13.2. The van der Waals surface area contributed by atoms with E-state index in [0.29, 0.717) is 6.54 Å². The zero-order valence-electron chi connectivity index (χ0n) is 10.1. The fourth-order valence-corrected chi connectivity index (χ4v) is 3.87. The third-order valence-corrected chi connectivity index (χ3v) is 4.99. The zero-order chi connectivity index (χ0) is 13.0. The summed E-state index contributed by atoms with van der Waals surface area (Å²) in [6.45, 7) is 2.59. The number of thiophene rings is 1. The molecular weight excluding hydrogens is 260 g/mol. The summed E-state index contributed by atoms with van der Waals surface area (Å²) in [6, 6.07) is 14.5. The van der Waals surface area contributed by atoms with Crippen molar-refractivity contribution in [2.45, 2.75) is 17.1 Å². The molecule has 1 aromatic heterocycles. The maximum atomic E-state index is 9.10. The van der Waals surface area contributed by atoms with Gasteiger partial charge in [0.1, 0.15) is 10.9 Å². The normalized spacial score (nSPS) is 12.1. The Kier molecular flexibility index (Phi) is 4.43. The fourth-order valence-electron chi connectivity index (χ4n) is 1.73. The summed E-state index contributed by atoms with van der Waals surface area (Å²) < 4.78 is 0. The maximum Gasteiger partial charge on any atom is 0.118 e. The number of rotatable bonds is 4. The molecule has 0 radical (unpaired) electrons. The third-order valence-electron chi connectivity index (χ3n) is 2.58. The molecule has 2 rings (SSSR count). The molecule has 0 aliphatic carbocycles. The van der Waals surface area contributed by atoms with Gasteiger partial charge < -0.3 is 5.73 Å². The van der Waals surface area contributed by atoms with Gasteiger partial charge in [-0.2, -0.15) is 5.26 Å². The van der Waals surface area contributed by atoms with Crippen LogP contribution in [0.25, 0.3) is 0 Å². The molecule has 1 atom stereocenters. The van der Waals surface area contributed by atoms with Gasteiger partial charge in [0.25, 0.3) is 0 Å². The van der Waals surface area contributed by atoms with Crippen LogP contribution >= 0.6 is 23.1 Å². The molecule has 4 heteroatoms. The molecule has 1 heterocycles. The van der Waals surface area contributed by atoms with Gasteiger partial charge in [-0.15, -0.1) is 23.1 Å². The van der Waals surface area contributed by atoms with Crippen LogP contribution < -0.4 is 5.73 Å². The lowest BCUT2D eigenvalue weighted by Crippen LogP contribution is -2.09. The lowest BCUT2D eigenvalue weighted by atomic mass is 10.1. The Bertz CT molecular complexity index is 555. The smallest absolute Gasteiger partial charge is 0.118 e. The summed E-state index contributed by atoms with van der Waals surface area (Å²) in [5.74, 6) is 0. The standard InChI is InChI=1S/C14H14N2S2/c1-10-7-12(14(9-16)17-10)18-13(8-15)11-5-3-2-4-6-11/h2-7,13H,8,15H2,1H3/t13-/m1/s1. The van der Waals surface area contributed by atoms with Gasteiger partial charge in [-0.25, -0.2) is 0 Å². The Morgan fingerprint density at radius 2 is 2.11 bits per heavy atom. The number of nitrogens with zero attached hydrogens (tertiary/aromatic N) is 1. The Labute approximate surface area is 115 Å². The average Bonchev–Trinajstić information content (AvgIpc) is 2.77.